The Morgan fingerprint density at radius 1 is 1.20 bits per heavy atom. The molecule has 25 heavy (non-hydrogen) atoms. The van der Waals surface area contributed by atoms with E-state index in [1.165, 1.54) is 0 Å². The Hall–Kier alpha value is -2.29. The number of piperidine rings is 1. The number of alkyl halides is 3. The third kappa shape index (κ3) is 4.22. The van der Waals surface area contributed by atoms with Gasteiger partial charge >= 0.3 is 18.1 Å². The van der Waals surface area contributed by atoms with E-state index in [2.05, 4.69) is 15.5 Å². The van der Waals surface area contributed by atoms with Gasteiger partial charge in [0, 0.05) is 29.7 Å². The van der Waals surface area contributed by atoms with Crippen LogP contribution in [0.25, 0.3) is 0 Å². The van der Waals surface area contributed by atoms with Gasteiger partial charge in [0.25, 0.3) is 0 Å². The normalized spacial score (nSPS) is 16.1. The number of hydrogen-bond donors (Lipinski definition) is 1. The first-order valence-corrected chi connectivity index (χ1v) is 7.93. The summed E-state index contributed by atoms with van der Waals surface area (Å²) in [4.78, 5) is 13.8. The number of carbonyl (C=O) groups is 1. The summed E-state index contributed by atoms with van der Waals surface area (Å²) in [6.45, 7) is 0.766. The molecule has 1 aliphatic rings. The molecule has 0 aliphatic carbocycles. The number of amides is 2. The van der Waals surface area contributed by atoms with Gasteiger partial charge in [-0.15, -0.1) is 10.2 Å². The first-order chi connectivity index (χ1) is 11.8. The highest BCUT2D eigenvalue weighted by Gasteiger charge is 2.39. The molecule has 2 aromatic rings. The lowest BCUT2D eigenvalue weighted by Gasteiger charge is -2.30. The van der Waals surface area contributed by atoms with E-state index < -0.39 is 12.1 Å². The number of rotatable bonds is 2. The van der Waals surface area contributed by atoms with Gasteiger partial charge < -0.3 is 14.6 Å². The van der Waals surface area contributed by atoms with Crippen molar-refractivity contribution in [2.75, 3.05) is 18.4 Å². The van der Waals surface area contributed by atoms with Crippen LogP contribution in [0.5, 0.6) is 0 Å². The highest BCUT2D eigenvalue weighted by atomic mass is 35.5. The van der Waals surface area contributed by atoms with Crippen LogP contribution in [0.15, 0.2) is 28.7 Å². The molecule has 2 heterocycles. The Balaban J connectivity index is 1.55. The Morgan fingerprint density at radius 3 is 2.40 bits per heavy atom. The van der Waals surface area contributed by atoms with E-state index in [0.717, 1.165) is 0 Å². The number of urea groups is 1. The van der Waals surface area contributed by atoms with E-state index in [9.17, 15) is 18.0 Å². The number of aromatic nitrogens is 2. The summed E-state index contributed by atoms with van der Waals surface area (Å²) in [5, 5.41) is 9.83. The van der Waals surface area contributed by atoms with Crippen LogP contribution < -0.4 is 5.32 Å². The van der Waals surface area contributed by atoms with Crippen LogP contribution in [-0.4, -0.2) is 34.2 Å². The third-order valence-corrected chi connectivity index (χ3v) is 4.16. The molecule has 6 nitrogen and oxygen atoms in total. The quantitative estimate of drug-likeness (QED) is 0.857. The van der Waals surface area contributed by atoms with Gasteiger partial charge in [0.1, 0.15) is 0 Å². The molecule has 1 saturated heterocycles. The van der Waals surface area contributed by atoms with Gasteiger partial charge in [-0.2, -0.15) is 13.2 Å². The van der Waals surface area contributed by atoms with Gasteiger partial charge in [0.15, 0.2) is 0 Å². The number of hydrogen-bond acceptors (Lipinski definition) is 4. The second kappa shape index (κ2) is 6.91. The van der Waals surface area contributed by atoms with E-state index in [4.69, 9.17) is 16.0 Å². The van der Waals surface area contributed by atoms with Crippen molar-refractivity contribution < 1.29 is 22.4 Å². The molecule has 0 atom stereocenters. The Morgan fingerprint density at radius 2 is 1.84 bits per heavy atom. The number of benzene rings is 1. The van der Waals surface area contributed by atoms with Gasteiger partial charge in [-0.3, -0.25) is 0 Å². The smallest absolute Gasteiger partial charge is 0.417 e. The van der Waals surface area contributed by atoms with E-state index in [0.29, 0.717) is 36.6 Å². The van der Waals surface area contributed by atoms with Crippen LogP contribution in [0.1, 0.15) is 30.5 Å². The topological polar surface area (TPSA) is 71.3 Å². The summed E-state index contributed by atoms with van der Waals surface area (Å²) in [7, 11) is 0. The lowest BCUT2D eigenvalue weighted by molar-refractivity contribution is -0.157. The first-order valence-electron chi connectivity index (χ1n) is 7.55. The SMILES string of the molecule is O=C(Nc1ccc(Cl)cc1)N1CCC(c2nnc(C(F)(F)F)o2)CC1. The maximum atomic E-state index is 12.5. The molecular formula is C15H14ClF3N4O2. The maximum Gasteiger partial charge on any atom is 0.470 e. The first kappa shape index (κ1) is 17.5. The molecule has 1 N–H and O–H groups in total. The minimum atomic E-state index is -4.65. The predicted octanol–water partition coefficient (Wildman–Crippen LogP) is 4.15. The fraction of sp³-hybridized carbons (Fsp3) is 0.400. The van der Waals surface area contributed by atoms with Crippen LogP contribution in [-0.2, 0) is 6.18 Å². The van der Waals surface area contributed by atoms with Crippen molar-refractivity contribution in [2.45, 2.75) is 24.9 Å². The third-order valence-electron chi connectivity index (χ3n) is 3.91. The molecule has 1 fully saturated rings. The van der Waals surface area contributed by atoms with Crippen molar-refractivity contribution in [1.29, 1.82) is 0 Å². The molecule has 1 aliphatic heterocycles. The van der Waals surface area contributed by atoms with Gasteiger partial charge in [-0.1, -0.05) is 11.6 Å². The zero-order chi connectivity index (χ0) is 18.0. The predicted molar refractivity (Wildman–Crippen MR) is 83.3 cm³/mol. The van der Waals surface area contributed by atoms with Crippen molar-refractivity contribution in [3.05, 3.63) is 41.1 Å². The zero-order valence-corrected chi connectivity index (χ0v) is 13.6. The van der Waals surface area contributed by atoms with Gasteiger partial charge in [-0.05, 0) is 37.1 Å². The molecule has 0 bridgehead atoms. The number of nitrogens with one attached hydrogen (secondary N) is 1. The van der Waals surface area contributed by atoms with Crippen molar-refractivity contribution in [3.8, 4) is 0 Å². The summed E-state index contributed by atoms with van der Waals surface area (Å²) in [6.07, 6.45) is -3.74. The largest absolute Gasteiger partial charge is 0.470 e. The monoisotopic (exact) mass is 374 g/mol. The van der Waals surface area contributed by atoms with Crippen LogP contribution >= 0.6 is 11.6 Å². The molecule has 1 aromatic heterocycles. The highest BCUT2D eigenvalue weighted by molar-refractivity contribution is 6.30. The van der Waals surface area contributed by atoms with E-state index in [-0.39, 0.29) is 17.8 Å². The second-order valence-electron chi connectivity index (χ2n) is 5.64. The number of nitrogens with zero attached hydrogens (tertiary/aromatic N) is 3. The molecule has 0 saturated carbocycles. The highest BCUT2D eigenvalue weighted by Crippen LogP contribution is 2.32. The number of carbonyl (C=O) groups excluding carboxylic acids is 1. The molecule has 10 heteroatoms. The molecule has 0 radical (unpaired) electrons. The summed E-state index contributed by atoms with van der Waals surface area (Å²) in [5.41, 5.74) is 0.614. The molecule has 134 valence electrons. The van der Waals surface area contributed by atoms with Crippen molar-refractivity contribution in [3.63, 3.8) is 0 Å². The second-order valence-corrected chi connectivity index (χ2v) is 6.08. The van der Waals surface area contributed by atoms with Crippen LogP contribution in [0, 0.1) is 0 Å². The average molecular weight is 375 g/mol. The summed E-state index contributed by atoms with van der Waals surface area (Å²) >= 11 is 5.79. The van der Waals surface area contributed by atoms with Crippen molar-refractivity contribution in [1.82, 2.24) is 15.1 Å². The zero-order valence-electron chi connectivity index (χ0n) is 12.9. The van der Waals surface area contributed by atoms with Crippen molar-refractivity contribution in [2.24, 2.45) is 0 Å². The minimum absolute atomic E-state index is 0.0370. The Labute approximate surface area is 146 Å². The molecule has 0 unspecified atom stereocenters. The van der Waals surface area contributed by atoms with E-state index >= 15 is 0 Å². The standard InChI is InChI=1S/C15H14ClF3N4O2/c16-10-1-3-11(4-2-10)20-14(24)23-7-5-9(6-8-23)12-21-22-13(25-12)15(17,18)19/h1-4,9H,5-8H2,(H,20,24). The van der Waals surface area contributed by atoms with Crippen LogP contribution in [0.4, 0.5) is 23.7 Å². The van der Waals surface area contributed by atoms with Gasteiger partial charge in [0.05, 0.1) is 0 Å². The van der Waals surface area contributed by atoms with Gasteiger partial charge in [-0.25, -0.2) is 4.79 Å². The summed E-state index contributed by atoms with van der Waals surface area (Å²) in [6, 6.07) is 6.42. The number of anilines is 1. The average Bonchev–Trinajstić information content (AvgIpc) is 3.07. The van der Waals surface area contributed by atoms with Crippen LogP contribution in [0.3, 0.4) is 0 Å². The maximum absolute atomic E-state index is 12.5. The molecule has 2 amide bonds. The lowest BCUT2D eigenvalue weighted by Crippen LogP contribution is -2.40. The summed E-state index contributed by atoms with van der Waals surface area (Å²) in [5.74, 6) is -1.67. The minimum Gasteiger partial charge on any atom is -0.417 e. The fourth-order valence-corrected chi connectivity index (χ4v) is 2.71. The molecule has 3 rings (SSSR count). The fourth-order valence-electron chi connectivity index (χ4n) is 2.58. The van der Waals surface area contributed by atoms with Crippen molar-refractivity contribution >= 4 is 23.3 Å². The summed E-state index contributed by atoms with van der Waals surface area (Å²) < 4.78 is 42.2. The molecular weight excluding hydrogens is 361 g/mol. The lowest BCUT2D eigenvalue weighted by atomic mass is 9.97. The van der Waals surface area contributed by atoms with E-state index in [1.807, 2.05) is 0 Å². The molecule has 0 spiro atoms. The van der Waals surface area contributed by atoms with E-state index in [1.54, 1.807) is 29.2 Å². The van der Waals surface area contributed by atoms with Gasteiger partial charge in [0.2, 0.25) is 5.89 Å². The molecule has 1 aromatic carbocycles. The van der Waals surface area contributed by atoms with Crippen LogP contribution in [0.2, 0.25) is 5.02 Å². The number of likely N-dealkylation sites (tertiary alicyclic amines) is 1. The Bertz CT molecular complexity index is 740. The Kier molecular flexibility index (Phi) is 4.85. The number of halogens is 4.